The Bertz CT molecular complexity index is 928. The smallest absolute Gasteiger partial charge is 0.249 e. The first-order valence-corrected chi connectivity index (χ1v) is 8.36. The number of nitrogens with two attached hydrogens (primary N) is 1. The number of pyridine rings is 1. The molecule has 0 radical (unpaired) electrons. The molecule has 0 spiro atoms. The summed E-state index contributed by atoms with van der Waals surface area (Å²) in [5.41, 5.74) is 7.94. The van der Waals surface area contributed by atoms with E-state index < -0.39 is 5.91 Å². The van der Waals surface area contributed by atoms with Crippen molar-refractivity contribution in [2.45, 2.75) is 6.92 Å². The van der Waals surface area contributed by atoms with Crippen LogP contribution in [0.2, 0.25) is 0 Å². The normalized spacial score (nSPS) is 14.8. The van der Waals surface area contributed by atoms with Crippen LogP contribution in [-0.2, 0) is 0 Å². The maximum Gasteiger partial charge on any atom is 0.249 e. The minimum Gasteiger partial charge on any atom is -0.366 e. The van der Waals surface area contributed by atoms with Gasteiger partial charge in [0.2, 0.25) is 5.91 Å². The molecule has 3 heterocycles. The van der Waals surface area contributed by atoms with E-state index in [0.29, 0.717) is 11.4 Å². The zero-order valence-electron chi connectivity index (χ0n) is 14.1. The molecule has 4 rings (SSSR count). The van der Waals surface area contributed by atoms with E-state index in [9.17, 15) is 4.79 Å². The number of piperazine rings is 1. The molecule has 0 saturated carbocycles. The molecule has 2 aromatic heterocycles. The molecule has 0 atom stereocenters. The second kappa shape index (κ2) is 6.18. The number of benzene rings is 1. The number of nitrogens with one attached hydrogen (secondary N) is 1. The van der Waals surface area contributed by atoms with Crippen LogP contribution in [0.3, 0.4) is 0 Å². The lowest BCUT2D eigenvalue weighted by molar-refractivity contribution is 0.100. The fourth-order valence-corrected chi connectivity index (χ4v) is 3.37. The van der Waals surface area contributed by atoms with Crippen LogP contribution in [0.25, 0.3) is 16.7 Å². The Morgan fingerprint density at radius 3 is 2.68 bits per heavy atom. The summed E-state index contributed by atoms with van der Waals surface area (Å²) < 4.78 is 1.79. The molecule has 0 unspecified atom stereocenters. The van der Waals surface area contributed by atoms with Gasteiger partial charge in [0.25, 0.3) is 0 Å². The Hall–Kier alpha value is -2.93. The van der Waals surface area contributed by atoms with E-state index >= 15 is 0 Å². The molecule has 0 aliphatic carbocycles. The molecule has 1 aliphatic rings. The average molecular weight is 336 g/mol. The highest BCUT2D eigenvalue weighted by Gasteiger charge is 2.24. The number of carbonyl (C=O) groups is 1. The summed E-state index contributed by atoms with van der Waals surface area (Å²) in [7, 11) is 0. The van der Waals surface area contributed by atoms with Crippen molar-refractivity contribution in [2.24, 2.45) is 5.73 Å². The van der Waals surface area contributed by atoms with Crippen molar-refractivity contribution in [3.63, 3.8) is 0 Å². The minimum absolute atomic E-state index is 0.431. The van der Waals surface area contributed by atoms with Crippen molar-refractivity contribution in [1.29, 1.82) is 0 Å². The van der Waals surface area contributed by atoms with Crippen LogP contribution in [0, 0.1) is 6.92 Å². The van der Waals surface area contributed by atoms with E-state index in [4.69, 9.17) is 10.8 Å². The van der Waals surface area contributed by atoms with Gasteiger partial charge in [-0.25, -0.2) is 9.67 Å². The fraction of sp³-hybridized carbons (Fsp3) is 0.278. The molecule has 1 amide bonds. The van der Waals surface area contributed by atoms with Gasteiger partial charge in [0.05, 0.1) is 16.5 Å². The minimum atomic E-state index is -0.431. The van der Waals surface area contributed by atoms with E-state index in [1.54, 1.807) is 10.9 Å². The number of rotatable bonds is 3. The second-order valence-electron chi connectivity index (χ2n) is 6.18. The van der Waals surface area contributed by atoms with E-state index in [2.05, 4.69) is 15.2 Å². The summed E-state index contributed by atoms with van der Waals surface area (Å²) in [6.07, 6.45) is 1.73. The van der Waals surface area contributed by atoms with Crippen molar-refractivity contribution in [2.75, 3.05) is 31.1 Å². The first-order valence-electron chi connectivity index (χ1n) is 8.36. The molecular weight excluding hydrogens is 316 g/mol. The predicted octanol–water partition coefficient (Wildman–Crippen LogP) is 1.24. The van der Waals surface area contributed by atoms with Gasteiger partial charge in [-0.1, -0.05) is 12.1 Å². The number of hydrogen-bond donors (Lipinski definition) is 2. The standard InChI is InChI=1S/C18H20N6O/c1-12-5-6-13-16(15(12)17(19)25)18(23-10-8-20-9-11-23)22-24(13)14-4-2-3-7-21-14/h2-7,20H,8-11H2,1H3,(H2,19,25). The number of carbonyl (C=O) groups excluding carboxylic acids is 1. The Morgan fingerprint density at radius 2 is 2.00 bits per heavy atom. The summed E-state index contributed by atoms with van der Waals surface area (Å²) in [6.45, 7) is 5.34. The number of hydrogen-bond acceptors (Lipinski definition) is 5. The second-order valence-corrected chi connectivity index (χ2v) is 6.18. The van der Waals surface area contributed by atoms with Crippen LogP contribution in [-0.4, -0.2) is 46.9 Å². The third kappa shape index (κ3) is 2.62. The molecule has 1 saturated heterocycles. The monoisotopic (exact) mass is 336 g/mol. The lowest BCUT2D eigenvalue weighted by Gasteiger charge is -2.27. The third-order valence-corrected chi connectivity index (χ3v) is 4.57. The van der Waals surface area contributed by atoms with Crippen molar-refractivity contribution >= 4 is 22.6 Å². The molecule has 25 heavy (non-hydrogen) atoms. The molecule has 7 heteroatoms. The van der Waals surface area contributed by atoms with Crippen LogP contribution >= 0.6 is 0 Å². The van der Waals surface area contributed by atoms with Gasteiger partial charge in [-0.2, -0.15) is 0 Å². The maximum atomic E-state index is 12.2. The highest BCUT2D eigenvalue weighted by Crippen LogP contribution is 2.32. The Balaban J connectivity index is 2.02. The van der Waals surface area contributed by atoms with Gasteiger partial charge in [-0.15, -0.1) is 5.10 Å². The molecule has 7 nitrogen and oxygen atoms in total. The van der Waals surface area contributed by atoms with Crippen LogP contribution in [0.5, 0.6) is 0 Å². The summed E-state index contributed by atoms with van der Waals surface area (Å²) >= 11 is 0. The maximum absolute atomic E-state index is 12.2. The predicted molar refractivity (Wildman–Crippen MR) is 97.2 cm³/mol. The number of primary amides is 1. The lowest BCUT2D eigenvalue weighted by atomic mass is 10.0. The van der Waals surface area contributed by atoms with Gasteiger partial charge in [-0.3, -0.25) is 4.79 Å². The van der Waals surface area contributed by atoms with Crippen molar-refractivity contribution in [3.8, 4) is 5.82 Å². The van der Waals surface area contributed by atoms with E-state index in [0.717, 1.165) is 48.5 Å². The first-order chi connectivity index (χ1) is 12.2. The summed E-state index contributed by atoms with van der Waals surface area (Å²) in [5.74, 6) is 1.08. The van der Waals surface area contributed by atoms with Crippen LogP contribution < -0.4 is 16.0 Å². The van der Waals surface area contributed by atoms with Gasteiger partial charge >= 0.3 is 0 Å². The molecule has 1 aromatic carbocycles. The number of fused-ring (bicyclic) bond motifs is 1. The Morgan fingerprint density at radius 1 is 1.20 bits per heavy atom. The number of aryl methyl sites for hydroxylation is 1. The molecule has 1 aliphatic heterocycles. The zero-order chi connectivity index (χ0) is 17.4. The van der Waals surface area contributed by atoms with Gasteiger partial charge in [0, 0.05) is 32.4 Å². The highest BCUT2D eigenvalue weighted by molar-refractivity contribution is 6.11. The summed E-state index contributed by atoms with van der Waals surface area (Å²) in [6, 6.07) is 9.57. The summed E-state index contributed by atoms with van der Waals surface area (Å²) in [4.78, 5) is 18.8. The SMILES string of the molecule is Cc1ccc2c(c(N3CCNCC3)nn2-c2ccccn2)c1C(N)=O. The first kappa shape index (κ1) is 15.6. The molecule has 0 bridgehead atoms. The largest absolute Gasteiger partial charge is 0.366 e. The number of aromatic nitrogens is 3. The quantitative estimate of drug-likeness (QED) is 0.751. The molecular formula is C18H20N6O. The Kier molecular flexibility index (Phi) is 3.85. The Labute approximate surface area is 145 Å². The van der Waals surface area contributed by atoms with E-state index in [1.165, 1.54) is 0 Å². The third-order valence-electron chi connectivity index (χ3n) is 4.57. The molecule has 3 aromatic rings. The number of nitrogens with zero attached hydrogens (tertiary/aromatic N) is 4. The van der Waals surface area contributed by atoms with Crippen molar-refractivity contribution in [3.05, 3.63) is 47.7 Å². The van der Waals surface area contributed by atoms with Crippen LogP contribution in [0.15, 0.2) is 36.5 Å². The highest BCUT2D eigenvalue weighted by atomic mass is 16.1. The average Bonchev–Trinajstić information content (AvgIpc) is 3.02. The summed E-state index contributed by atoms with van der Waals surface area (Å²) in [5, 5.41) is 8.96. The van der Waals surface area contributed by atoms with Gasteiger partial charge in [-0.05, 0) is 30.7 Å². The van der Waals surface area contributed by atoms with Crippen LogP contribution in [0.1, 0.15) is 15.9 Å². The van der Waals surface area contributed by atoms with Gasteiger partial charge in [0.1, 0.15) is 0 Å². The van der Waals surface area contributed by atoms with E-state index in [-0.39, 0.29) is 0 Å². The van der Waals surface area contributed by atoms with Gasteiger partial charge < -0.3 is 16.0 Å². The van der Waals surface area contributed by atoms with Crippen molar-refractivity contribution < 1.29 is 4.79 Å². The number of amides is 1. The van der Waals surface area contributed by atoms with Crippen molar-refractivity contribution in [1.82, 2.24) is 20.1 Å². The van der Waals surface area contributed by atoms with Gasteiger partial charge in [0.15, 0.2) is 11.6 Å². The number of anilines is 1. The molecule has 3 N–H and O–H groups in total. The fourth-order valence-electron chi connectivity index (χ4n) is 3.37. The lowest BCUT2D eigenvalue weighted by Crippen LogP contribution is -2.43. The molecule has 128 valence electrons. The zero-order valence-corrected chi connectivity index (χ0v) is 14.1. The topological polar surface area (TPSA) is 89.1 Å². The van der Waals surface area contributed by atoms with Crippen LogP contribution in [0.4, 0.5) is 5.82 Å². The van der Waals surface area contributed by atoms with E-state index in [1.807, 2.05) is 37.3 Å². The molecule has 1 fully saturated rings.